The van der Waals surface area contributed by atoms with Crippen molar-refractivity contribution >= 4 is 16.7 Å². The Bertz CT molecular complexity index is 532. The van der Waals surface area contributed by atoms with Gasteiger partial charge in [0.15, 0.2) is 0 Å². The first-order chi connectivity index (χ1) is 8.81. The molecule has 0 saturated heterocycles. The van der Waals surface area contributed by atoms with Gasteiger partial charge in [-0.3, -0.25) is 9.78 Å². The van der Waals surface area contributed by atoms with Crippen molar-refractivity contribution in [3.05, 3.63) is 42.1 Å². The molecule has 1 aromatic carbocycles. The number of Topliss-reactive ketones (excluding diaryl/α,β-unsaturated/α-hetero) is 1. The topological polar surface area (TPSA) is 56.0 Å². The van der Waals surface area contributed by atoms with Gasteiger partial charge in [-0.15, -0.1) is 0 Å². The first kappa shape index (κ1) is 12.7. The number of pyridine rings is 1. The predicted octanol–water partition coefficient (Wildman–Crippen LogP) is 2.48. The number of hydrogen-bond acceptors (Lipinski definition) is 3. The average Bonchev–Trinajstić information content (AvgIpc) is 2.39. The highest BCUT2D eigenvalue weighted by Gasteiger charge is 2.07. The van der Waals surface area contributed by atoms with Crippen LogP contribution in [0.3, 0.4) is 0 Å². The molecule has 18 heavy (non-hydrogen) atoms. The maximum absolute atomic E-state index is 11.9. The minimum absolute atomic E-state index is 0.278. The van der Waals surface area contributed by atoms with Crippen LogP contribution in [-0.2, 0) is 11.2 Å². The second-order valence-corrected chi connectivity index (χ2v) is 4.45. The lowest BCUT2D eigenvalue weighted by molar-refractivity contribution is -0.118. The van der Waals surface area contributed by atoms with Gasteiger partial charge in [-0.1, -0.05) is 18.2 Å². The van der Waals surface area contributed by atoms with E-state index in [0.29, 0.717) is 19.4 Å². The smallest absolute Gasteiger partial charge is 0.137 e. The summed E-state index contributed by atoms with van der Waals surface area (Å²) in [6, 6.07) is 9.86. The maximum atomic E-state index is 11.9. The van der Waals surface area contributed by atoms with Crippen molar-refractivity contribution in [2.24, 2.45) is 5.73 Å². The van der Waals surface area contributed by atoms with Crippen LogP contribution in [0.15, 0.2) is 36.5 Å². The number of fused-ring (bicyclic) bond motifs is 1. The lowest BCUT2D eigenvalue weighted by Crippen LogP contribution is -2.05. The maximum Gasteiger partial charge on any atom is 0.137 e. The largest absolute Gasteiger partial charge is 0.330 e. The molecular formula is C15H18N2O. The molecule has 0 spiro atoms. The van der Waals surface area contributed by atoms with E-state index >= 15 is 0 Å². The van der Waals surface area contributed by atoms with E-state index in [9.17, 15) is 4.79 Å². The number of hydrogen-bond donors (Lipinski definition) is 1. The van der Waals surface area contributed by atoms with Gasteiger partial charge in [0, 0.05) is 24.4 Å². The molecule has 1 heterocycles. The second kappa shape index (κ2) is 6.26. The summed E-state index contributed by atoms with van der Waals surface area (Å²) in [4.78, 5) is 16.2. The Morgan fingerprint density at radius 1 is 1.17 bits per heavy atom. The Morgan fingerprint density at radius 3 is 2.83 bits per heavy atom. The third-order valence-corrected chi connectivity index (χ3v) is 3.04. The van der Waals surface area contributed by atoms with Gasteiger partial charge in [0.05, 0.1) is 5.52 Å². The molecule has 2 aromatic rings. The standard InChI is InChI=1S/C15H18N2O/c16-9-4-3-5-13(18)11-12-8-10-17-15-7-2-1-6-14(12)15/h1-2,6-8,10H,3-5,9,11,16H2. The zero-order valence-electron chi connectivity index (χ0n) is 10.4. The number of ketones is 1. The number of para-hydroxylation sites is 1. The van der Waals surface area contributed by atoms with E-state index < -0.39 is 0 Å². The van der Waals surface area contributed by atoms with Crippen LogP contribution in [0.25, 0.3) is 10.9 Å². The van der Waals surface area contributed by atoms with Crippen LogP contribution in [0.2, 0.25) is 0 Å². The van der Waals surface area contributed by atoms with Crippen molar-refractivity contribution < 1.29 is 4.79 Å². The lowest BCUT2D eigenvalue weighted by Gasteiger charge is -2.05. The number of nitrogens with two attached hydrogens (primary N) is 1. The molecule has 0 amide bonds. The summed E-state index contributed by atoms with van der Waals surface area (Å²) in [7, 11) is 0. The molecule has 0 unspecified atom stereocenters. The quantitative estimate of drug-likeness (QED) is 0.792. The van der Waals surface area contributed by atoms with Gasteiger partial charge in [-0.25, -0.2) is 0 Å². The summed E-state index contributed by atoms with van der Waals surface area (Å²) in [6.07, 6.45) is 4.69. The zero-order valence-corrected chi connectivity index (χ0v) is 10.4. The summed E-state index contributed by atoms with van der Waals surface area (Å²) in [5.41, 5.74) is 7.44. The summed E-state index contributed by atoms with van der Waals surface area (Å²) < 4.78 is 0. The van der Waals surface area contributed by atoms with Crippen LogP contribution in [-0.4, -0.2) is 17.3 Å². The van der Waals surface area contributed by atoms with Gasteiger partial charge in [0.25, 0.3) is 0 Å². The van der Waals surface area contributed by atoms with Crippen molar-refractivity contribution in [2.75, 3.05) is 6.54 Å². The van der Waals surface area contributed by atoms with Crippen LogP contribution in [0.4, 0.5) is 0 Å². The fourth-order valence-corrected chi connectivity index (χ4v) is 2.08. The second-order valence-electron chi connectivity index (χ2n) is 4.45. The molecule has 0 fully saturated rings. The number of carbonyl (C=O) groups excluding carboxylic acids is 1. The van der Waals surface area contributed by atoms with Crippen LogP contribution in [0.5, 0.6) is 0 Å². The first-order valence-corrected chi connectivity index (χ1v) is 6.35. The molecule has 2 N–H and O–H groups in total. The molecule has 0 radical (unpaired) electrons. The van der Waals surface area contributed by atoms with Gasteiger partial charge >= 0.3 is 0 Å². The molecule has 3 nitrogen and oxygen atoms in total. The first-order valence-electron chi connectivity index (χ1n) is 6.35. The van der Waals surface area contributed by atoms with Crippen molar-refractivity contribution in [1.29, 1.82) is 0 Å². The van der Waals surface area contributed by atoms with Crippen molar-refractivity contribution in [1.82, 2.24) is 4.98 Å². The van der Waals surface area contributed by atoms with E-state index in [-0.39, 0.29) is 5.78 Å². The van der Waals surface area contributed by atoms with Gasteiger partial charge in [0.1, 0.15) is 5.78 Å². The zero-order chi connectivity index (χ0) is 12.8. The third-order valence-electron chi connectivity index (χ3n) is 3.04. The Kier molecular flexibility index (Phi) is 4.42. The fourth-order valence-electron chi connectivity index (χ4n) is 2.08. The van der Waals surface area contributed by atoms with Crippen molar-refractivity contribution in [3.8, 4) is 0 Å². The highest BCUT2D eigenvalue weighted by Crippen LogP contribution is 2.17. The fraction of sp³-hybridized carbons (Fsp3) is 0.333. The van der Waals surface area contributed by atoms with Crippen LogP contribution < -0.4 is 5.73 Å². The molecule has 2 rings (SSSR count). The van der Waals surface area contributed by atoms with Gasteiger partial charge in [0.2, 0.25) is 0 Å². The molecule has 94 valence electrons. The summed E-state index contributed by atoms with van der Waals surface area (Å²) >= 11 is 0. The van der Waals surface area contributed by atoms with Crippen molar-refractivity contribution in [2.45, 2.75) is 25.7 Å². The van der Waals surface area contributed by atoms with E-state index in [2.05, 4.69) is 4.98 Å². The molecule has 0 bridgehead atoms. The Balaban J connectivity index is 2.09. The Hall–Kier alpha value is -1.74. The molecule has 0 aliphatic heterocycles. The van der Waals surface area contributed by atoms with E-state index in [0.717, 1.165) is 29.3 Å². The molecule has 0 aliphatic rings. The highest BCUT2D eigenvalue weighted by molar-refractivity contribution is 5.88. The summed E-state index contributed by atoms with van der Waals surface area (Å²) in [6.45, 7) is 0.658. The monoisotopic (exact) mass is 242 g/mol. The molecular weight excluding hydrogens is 224 g/mol. The number of unbranched alkanes of at least 4 members (excludes halogenated alkanes) is 1. The minimum Gasteiger partial charge on any atom is -0.330 e. The number of aromatic nitrogens is 1. The Labute approximate surface area is 107 Å². The average molecular weight is 242 g/mol. The van der Waals surface area contributed by atoms with Crippen LogP contribution in [0, 0.1) is 0 Å². The number of benzene rings is 1. The normalized spacial score (nSPS) is 10.7. The highest BCUT2D eigenvalue weighted by atomic mass is 16.1. The van der Waals surface area contributed by atoms with Crippen LogP contribution in [0.1, 0.15) is 24.8 Å². The number of rotatable bonds is 6. The van der Waals surface area contributed by atoms with Crippen molar-refractivity contribution in [3.63, 3.8) is 0 Å². The molecule has 0 atom stereocenters. The van der Waals surface area contributed by atoms with Gasteiger partial charge < -0.3 is 5.73 Å². The SMILES string of the molecule is NCCCCC(=O)Cc1ccnc2ccccc12. The molecule has 3 heteroatoms. The predicted molar refractivity (Wildman–Crippen MR) is 73.4 cm³/mol. The molecule has 1 aromatic heterocycles. The van der Waals surface area contributed by atoms with E-state index in [1.54, 1.807) is 6.20 Å². The summed E-state index contributed by atoms with van der Waals surface area (Å²) in [5, 5.41) is 1.08. The van der Waals surface area contributed by atoms with Gasteiger partial charge in [-0.2, -0.15) is 0 Å². The Morgan fingerprint density at radius 2 is 2.00 bits per heavy atom. The summed E-state index contributed by atoms with van der Waals surface area (Å²) in [5.74, 6) is 0.278. The van der Waals surface area contributed by atoms with Crippen LogP contribution >= 0.6 is 0 Å². The lowest BCUT2D eigenvalue weighted by atomic mass is 10.0. The minimum atomic E-state index is 0.278. The molecule has 0 saturated carbocycles. The molecule has 0 aliphatic carbocycles. The van der Waals surface area contributed by atoms with Gasteiger partial charge in [-0.05, 0) is 37.1 Å². The van der Waals surface area contributed by atoms with E-state index in [4.69, 9.17) is 5.73 Å². The third kappa shape index (κ3) is 3.14. The van der Waals surface area contributed by atoms with E-state index in [1.165, 1.54) is 0 Å². The number of nitrogens with zero attached hydrogens (tertiary/aromatic N) is 1. The number of carbonyl (C=O) groups is 1. The van der Waals surface area contributed by atoms with E-state index in [1.807, 2.05) is 30.3 Å².